The first-order valence-electron chi connectivity index (χ1n) is 15.1. The highest BCUT2D eigenvalue weighted by molar-refractivity contribution is 14.1. The molecule has 1 unspecified atom stereocenters. The van der Waals surface area contributed by atoms with Gasteiger partial charge in [0.15, 0.2) is 0 Å². The largest absolute Gasteiger partial charge is 0.303 e. The van der Waals surface area contributed by atoms with Crippen LogP contribution in [-0.4, -0.2) is 28.2 Å². The first-order chi connectivity index (χ1) is 16.2. The summed E-state index contributed by atoms with van der Waals surface area (Å²) in [4.78, 5) is 0. The third-order valence-corrected chi connectivity index (χ3v) is 9.26. The second-order valence-electron chi connectivity index (χ2n) is 10.6. The SMILES string of the molecule is C#CC[N+](CCCCCCCC)(CCCCCCCC)C(I)CCCCCCCCCCC. The van der Waals surface area contributed by atoms with Crippen molar-refractivity contribution in [1.82, 2.24) is 0 Å². The summed E-state index contributed by atoms with van der Waals surface area (Å²) >= 11 is 2.79. The molecule has 1 nitrogen and oxygen atoms in total. The zero-order valence-electron chi connectivity index (χ0n) is 23.2. The van der Waals surface area contributed by atoms with Gasteiger partial charge in [0.25, 0.3) is 0 Å². The zero-order chi connectivity index (χ0) is 24.5. The van der Waals surface area contributed by atoms with E-state index in [2.05, 4.69) is 49.3 Å². The highest BCUT2D eigenvalue weighted by atomic mass is 127. The molecule has 0 heterocycles. The molecule has 0 aliphatic carbocycles. The van der Waals surface area contributed by atoms with Crippen LogP contribution in [0.5, 0.6) is 0 Å². The summed E-state index contributed by atoms with van der Waals surface area (Å²) in [6.45, 7) is 10.5. The molecule has 2 heteroatoms. The fraction of sp³-hybridized carbons (Fsp3) is 0.935. The number of nitrogens with zero attached hydrogens (tertiary/aromatic N) is 1. The fourth-order valence-corrected chi connectivity index (χ4v) is 6.34. The molecule has 0 saturated heterocycles. The van der Waals surface area contributed by atoms with Crippen molar-refractivity contribution in [1.29, 1.82) is 0 Å². The number of hydrogen-bond donors (Lipinski definition) is 0. The van der Waals surface area contributed by atoms with Gasteiger partial charge in [0.05, 0.1) is 13.1 Å². The average Bonchev–Trinajstić information content (AvgIpc) is 2.82. The average molecular weight is 575 g/mol. The van der Waals surface area contributed by atoms with Crippen molar-refractivity contribution in [3.63, 3.8) is 0 Å². The van der Waals surface area contributed by atoms with E-state index in [1.807, 2.05) is 0 Å². The third-order valence-electron chi connectivity index (χ3n) is 7.46. The van der Waals surface area contributed by atoms with Crippen molar-refractivity contribution >= 4 is 22.6 Å². The second kappa shape index (κ2) is 25.3. The van der Waals surface area contributed by atoms with Gasteiger partial charge in [-0.15, -0.1) is 6.42 Å². The Morgan fingerprint density at radius 2 is 0.879 bits per heavy atom. The van der Waals surface area contributed by atoms with E-state index in [0.29, 0.717) is 4.05 Å². The highest BCUT2D eigenvalue weighted by Gasteiger charge is 2.33. The molecular formula is C31H61IN+. The minimum Gasteiger partial charge on any atom is -0.303 e. The molecule has 0 aliphatic heterocycles. The maximum atomic E-state index is 5.97. The van der Waals surface area contributed by atoms with Crippen molar-refractivity contribution in [3.05, 3.63) is 0 Å². The van der Waals surface area contributed by atoms with Gasteiger partial charge in [-0.25, -0.2) is 0 Å². The van der Waals surface area contributed by atoms with Gasteiger partial charge in [-0.1, -0.05) is 124 Å². The quantitative estimate of drug-likeness (QED) is 0.0241. The molecule has 0 aliphatic rings. The van der Waals surface area contributed by atoms with Gasteiger partial charge in [-0.05, 0) is 60.6 Å². The number of halogens is 1. The molecule has 196 valence electrons. The molecule has 0 N–H and O–H groups in total. The third kappa shape index (κ3) is 19.2. The summed E-state index contributed by atoms with van der Waals surface area (Å²) in [6.07, 6.45) is 36.7. The van der Waals surface area contributed by atoms with Crippen LogP contribution in [0, 0.1) is 12.3 Å². The lowest BCUT2D eigenvalue weighted by Crippen LogP contribution is -2.54. The van der Waals surface area contributed by atoms with Gasteiger partial charge in [0.2, 0.25) is 0 Å². The molecule has 0 aromatic heterocycles. The summed E-state index contributed by atoms with van der Waals surface area (Å²) in [5, 5.41) is 0. The standard InChI is InChI=1S/C31H61IN/c1-5-9-12-15-18-19-20-21-24-27-31(32)33(28-8-4,29-25-22-16-13-10-6-2)30-26-23-17-14-11-7-3/h4,31H,5-7,9-30H2,1-3H3/q+1. The van der Waals surface area contributed by atoms with Gasteiger partial charge in [-0.3, -0.25) is 0 Å². The van der Waals surface area contributed by atoms with Crippen LogP contribution in [0.1, 0.15) is 162 Å². The van der Waals surface area contributed by atoms with Crippen LogP contribution in [0.15, 0.2) is 0 Å². The number of terminal acetylenes is 1. The normalized spacial score (nSPS) is 12.7. The van der Waals surface area contributed by atoms with E-state index < -0.39 is 0 Å². The molecule has 0 radical (unpaired) electrons. The summed E-state index contributed by atoms with van der Waals surface area (Å²) in [7, 11) is 0. The molecule has 0 aromatic rings. The maximum Gasteiger partial charge on any atom is 0.141 e. The van der Waals surface area contributed by atoms with E-state index in [1.165, 1.54) is 159 Å². The summed E-state index contributed by atoms with van der Waals surface area (Å²) < 4.78 is 1.88. The molecular weight excluding hydrogens is 513 g/mol. The van der Waals surface area contributed by atoms with Crippen molar-refractivity contribution in [3.8, 4) is 12.3 Å². The van der Waals surface area contributed by atoms with Gasteiger partial charge in [-0.2, -0.15) is 0 Å². The Morgan fingerprint density at radius 1 is 0.545 bits per heavy atom. The topological polar surface area (TPSA) is 0 Å². The maximum absolute atomic E-state index is 5.97. The molecule has 33 heavy (non-hydrogen) atoms. The van der Waals surface area contributed by atoms with Crippen LogP contribution >= 0.6 is 22.6 Å². The summed E-state index contributed by atoms with van der Waals surface area (Å²) in [6, 6.07) is 0. The number of quaternary nitrogens is 1. The van der Waals surface area contributed by atoms with Crippen LogP contribution in [0.2, 0.25) is 0 Å². The second-order valence-corrected chi connectivity index (χ2v) is 12.1. The van der Waals surface area contributed by atoms with Gasteiger partial charge in [0.1, 0.15) is 10.6 Å². The highest BCUT2D eigenvalue weighted by Crippen LogP contribution is 2.28. The van der Waals surface area contributed by atoms with E-state index >= 15 is 0 Å². The lowest BCUT2D eigenvalue weighted by atomic mass is 10.0. The van der Waals surface area contributed by atoms with Gasteiger partial charge in [0, 0.05) is 6.42 Å². The van der Waals surface area contributed by atoms with Crippen molar-refractivity contribution < 1.29 is 4.48 Å². The Morgan fingerprint density at radius 3 is 1.24 bits per heavy atom. The van der Waals surface area contributed by atoms with Gasteiger partial charge < -0.3 is 4.48 Å². The van der Waals surface area contributed by atoms with E-state index in [1.54, 1.807) is 0 Å². The molecule has 0 saturated carbocycles. The monoisotopic (exact) mass is 574 g/mol. The Balaban J connectivity index is 4.55. The van der Waals surface area contributed by atoms with E-state index in [-0.39, 0.29) is 0 Å². The minimum absolute atomic E-state index is 0.689. The smallest absolute Gasteiger partial charge is 0.141 e. The first kappa shape index (κ1) is 33.2. The van der Waals surface area contributed by atoms with Crippen LogP contribution in [0.25, 0.3) is 0 Å². The fourth-order valence-electron chi connectivity index (χ4n) is 5.14. The summed E-state index contributed by atoms with van der Waals surface area (Å²) in [5.74, 6) is 3.11. The van der Waals surface area contributed by atoms with Crippen molar-refractivity contribution in [2.24, 2.45) is 0 Å². The number of hydrogen-bond acceptors (Lipinski definition) is 0. The van der Waals surface area contributed by atoms with Crippen LogP contribution in [0.3, 0.4) is 0 Å². The molecule has 0 amide bonds. The number of alkyl halides is 1. The Labute approximate surface area is 224 Å². The number of rotatable bonds is 26. The first-order valence-corrected chi connectivity index (χ1v) is 16.3. The van der Waals surface area contributed by atoms with Crippen molar-refractivity contribution in [2.75, 3.05) is 19.6 Å². The van der Waals surface area contributed by atoms with Crippen molar-refractivity contribution in [2.45, 2.75) is 166 Å². The van der Waals surface area contributed by atoms with Crippen LogP contribution < -0.4 is 0 Å². The lowest BCUT2D eigenvalue weighted by Gasteiger charge is -2.42. The minimum atomic E-state index is 0.689. The van der Waals surface area contributed by atoms with E-state index in [4.69, 9.17) is 6.42 Å². The Hall–Kier alpha value is 0.250. The van der Waals surface area contributed by atoms with Crippen LogP contribution in [0.4, 0.5) is 0 Å². The van der Waals surface area contributed by atoms with E-state index in [0.717, 1.165) is 6.54 Å². The van der Waals surface area contributed by atoms with Gasteiger partial charge >= 0.3 is 0 Å². The molecule has 1 atom stereocenters. The Kier molecular flexibility index (Phi) is 25.5. The molecule has 0 fully saturated rings. The predicted octanol–water partition coefficient (Wildman–Crippen LogP) is 10.8. The summed E-state index contributed by atoms with van der Waals surface area (Å²) in [5.41, 5.74) is 0. The molecule has 0 spiro atoms. The lowest BCUT2D eigenvalue weighted by molar-refractivity contribution is -0.928. The molecule has 0 bridgehead atoms. The molecule has 0 rings (SSSR count). The van der Waals surface area contributed by atoms with E-state index in [9.17, 15) is 0 Å². The predicted molar refractivity (Wildman–Crippen MR) is 160 cm³/mol. The zero-order valence-corrected chi connectivity index (χ0v) is 25.3. The number of unbranched alkanes of at least 4 members (excludes halogenated alkanes) is 18. The van der Waals surface area contributed by atoms with Crippen LogP contribution in [-0.2, 0) is 0 Å². The Bertz CT molecular complexity index is 411. The molecule has 0 aromatic carbocycles.